The number of nitrogens with zero attached hydrogens (tertiary/aromatic N) is 4. The van der Waals surface area contributed by atoms with Gasteiger partial charge in [0.15, 0.2) is 11.4 Å². The van der Waals surface area contributed by atoms with E-state index in [9.17, 15) is 22.8 Å². The van der Waals surface area contributed by atoms with E-state index < -0.39 is 24.5 Å². The molecule has 11 nitrogen and oxygen atoms in total. The summed E-state index contributed by atoms with van der Waals surface area (Å²) in [5, 5.41) is 8.85. The molecule has 0 saturated carbocycles. The van der Waals surface area contributed by atoms with E-state index in [1.165, 1.54) is 29.2 Å². The quantitative estimate of drug-likeness (QED) is 0.445. The molecule has 1 aliphatic heterocycles. The second-order valence-corrected chi connectivity index (χ2v) is 7.60. The van der Waals surface area contributed by atoms with Crippen LogP contribution in [0.25, 0.3) is 11.5 Å². The molecule has 3 aromatic rings. The van der Waals surface area contributed by atoms with E-state index in [1.807, 2.05) is 0 Å². The molecule has 4 heterocycles. The third-order valence-electron chi connectivity index (χ3n) is 4.93. The summed E-state index contributed by atoms with van der Waals surface area (Å²) in [7, 11) is 0. The van der Waals surface area contributed by atoms with Crippen LogP contribution in [0.15, 0.2) is 35.2 Å². The number of nitrogens with two attached hydrogens (primary N) is 1. The number of carbonyl (C=O) groups excluding carboxylic acids is 2. The van der Waals surface area contributed by atoms with Gasteiger partial charge in [0.05, 0.1) is 12.3 Å². The Kier molecular flexibility index (Phi) is 6.49. The van der Waals surface area contributed by atoms with Crippen molar-refractivity contribution >= 4 is 23.3 Å². The molecule has 4 N–H and O–H groups in total. The molecule has 180 valence electrons. The molecule has 3 aromatic heterocycles. The first-order valence-corrected chi connectivity index (χ1v) is 10.2. The minimum atomic E-state index is -4.41. The summed E-state index contributed by atoms with van der Waals surface area (Å²) in [6, 6.07) is 2.77. The number of carbonyl (C=O) groups is 2. The number of hydrogen-bond acceptors (Lipinski definition) is 8. The summed E-state index contributed by atoms with van der Waals surface area (Å²) in [6.45, 7) is 0.477. The van der Waals surface area contributed by atoms with E-state index >= 15 is 0 Å². The molecule has 1 fully saturated rings. The van der Waals surface area contributed by atoms with Crippen LogP contribution in [0.2, 0.25) is 0 Å². The highest BCUT2D eigenvalue weighted by Gasteiger charge is 2.27. The van der Waals surface area contributed by atoms with Crippen LogP contribution < -0.4 is 16.4 Å². The molecule has 0 aromatic carbocycles. The Balaban J connectivity index is 1.47. The van der Waals surface area contributed by atoms with E-state index in [-0.39, 0.29) is 34.7 Å². The molecule has 34 heavy (non-hydrogen) atoms. The third kappa shape index (κ3) is 5.70. The largest absolute Gasteiger partial charge is 0.444 e. The number of hydrogen-bond donors (Lipinski definition) is 3. The van der Waals surface area contributed by atoms with Gasteiger partial charge >= 0.3 is 6.18 Å². The molecule has 0 aliphatic carbocycles. The van der Waals surface area contributed by atoms with Crippen molar-refractivity contribution in [2.45, 2.75) is 19.1 Å². The highest BCUT2D eigenvalue weighted by molar-refractivity contribution is 6.07. The second-order valence-electron chi connectivity index (χ2n) is 7.60. The molecule has 1 saturated heterocycles. The average Bonchev–Trinajstić information content (AvgIpc) is 3.53. The number of aromatic nitrogens is 4. The van der Waals surface area contributed by atoms with Crippen LogP contribution in [-0.4, -0.2) is 57.5 Å². The number of primary amides is 1. The fourth-order valence-electron chi connectivity index (χ4n) is 3.33. The summed E-state index contributed by atoms with van der Waals surface area (Å²) < 4.78 is 49.4. The third-order valence-corrected chi connectivity index (χ3v) is 4.93. The molecule has 0 bridgehead atoms. The van der Waals surface area contributed by atoms with E-state index in [2.05, 4.69) is 25.7 Å². The lowest BCUT2D eigenvalue weighted by Gasteiger charge is -2.08. The zero-order valence-electron chi connectivity index (χ0n) is 17.6. The number of halogens is 3. The zero-order chi connectivity index (χ0) is 24.3. The maximum atomic E-state index is 12.7. The van der Waals surface area contributed by atoms with Crippen molar-refractivity contribution in [2.24, 2.45) is 11.7 Å². The average molecular weight is 479 g/mol. The topological polar surface area (TPSA) is 150 Å². The predicted molar refractivity (Wildman–Crippen MR) is 112 cm³/mol. The molecule has 0 spiro atoms. The SMILES string of the molecule is NC(=O)c1nn(C[C@@H]2CCOC2)cc1NC(=O)c1coc(-c2ccnc(NCC(F)(F)F)c2)n1. The number of pyridine rings is 1. The lowest BCUT2D eigenvalue weighted by atomic mass is 10.1. The van der Waals surface area contributed by atoms with Crippen molar-refractivity contribution in [3.05, 3.63) is 42.2 Å². The number of amides is 2. The van der Waals surface area contributed by atoms with Gasteiger partial charge in [0.25, 0.3) is 11.8 Å². The van der Waals surface area contributed by atoms with Gasteiger partial charge in [-0.05, 0) is 18.6 Å². The highest BCUT2D eigenvalue weighted by atomic mass is 19.4. The van der Waals surface area contributed by atoms with Gasteiger partial charge in [-0.25, -0.2) is 9.97 Å². The van der Waals surface area contributed by atoms with Crippen LogP contribution >= 0.6 is 0 Å². The van der Waals surface area contributed by atoms with Gasteiger partial charge in [0.2, 0.25) is 5.89 Å². The van der Waals surface area contributed by atoms with Gasteiger partial charge < -0.3 is 25.5 Å². The van der Waals surface area contributed by atoms with Gasteiger partial charge in [-0.3, -0.25) is 14.3 Å². The first-order chi connectivity index (χ1) is 16.2. The fourth-order valence-corrected chi connectivity index (χ4v) is 3.33. The van der Waals surface area contributed by atoms with Gasteiger partial charge in [-0.1, -0.05) is 0 Å². The van der Waals surface area contributed by atoms with Crippen LogP contribution in [0.3, 0.4) is 0 Å². The van der Waals surface area contributed by atoms with Gasteiger partial charge in [-0.2, -0.15) is 18.3 Å². The summed E-state index contributed by atoms with van der Waals surface area (Å²) in [5.74, 6) is -1.31. The summed E-state index contributed by atoms with van der Waals surface area (Å²) in [6.07, 6.45) is 0.309. The molecule has 1 atom stereocenters. The molecule has 2 amide bonds. The molecule has 0 unspecified atom stereocenters. The number of oxazole rings is 1. The second kappa shape index (κ2) is 9.51. The Morgan fingerprint density at radius 3 is 2.85 bits per heavy atom. The van der Waals surface area contributed by atoms with Crippen LogP contribution in [0, 0.1) is 5.92 Å². The van der Waals surface area contributed by atoms with Crippen molar-refractivity contribution < 1.29 is 31.9 Å². The van der Waals surface area contributed by atoms with Gasteiger partial charge in [0.1, 0.15) is 18.6 Å². The Bertz CT molecular complexity index is 1190. The molecule has 0 radical (unpaired) electrons. The zero-order valence-corrected chi connectivity index (χ0v) is 17.6. The molecule has 14 heteroatoms. The van der Waals surface area contributed by atoms with E-state index in [0.717, 1.165) is 12.7 Å². The Labute approximate surface area is 190 Å². The van der Waals surface area contributed by atoms with Crippen molar-refractivity contribution in [1.82, 2.24) is 19.7 Å². The van der Waals surface area contributed by atoms with Crippen LogP contribution in [0.5, 0.6) is 0 Å². The number of rotatable bonds is 8. The lowest BCUT2D eigenvalue weighted by molar-refractivity contribution is -0.115. The Hall–Kier alpha value is -3.94. The standard InChI is InChI=1S/C20H20F3N7O4/c21-20(22,23)10-26-15-5-12(1-3-25-15)19-28-14(9-34-19)18(32)27-13-7-30(29-16(13)17(24)31)6-11-2-4-33-8-11/h1,3,5,7,9,11H,2,4,6,8,10H2,(H2,24,31)(H,25,26)(H,27,32)/t11-/m0/s1. The lowest BCUT2D eigenvalue weighted by Crippen LogP contribution is -2.21. The predicted octanol–water partition coefficient (Wildman–Crippen LogP) is 2.29. The molecule has 1 aliphatic rings. The maximum absolute atomic E-state index is 12.7. The van der Waals surface area contributed by atoms with E-state index in [0.29, 0.717) is 25.3 Å². The number of ether oxygens (including phenoxy) is 1. The smallest absolute Gasteiger partial charge is 0.405 e. The molecular weight excluding hydrogens is 459 g/mol. The Morgan fingerprint density at radius 2 is 2.15 bits per heavy atom. The van der Waals surface area contributed by atoms with E-state index in [1.54, 1.807) is 0 Å². The monoisotopic (exact) mass is 479 g/mol. The molecule has 4 rings (SSSR count). The number of alkyl halides is 3. The summed E-state index contributed by atoms with van der Waals surface area (Å²) >= 11 is 0. The van der Waals surface area contributed by atoms with Crippen molar-refractivity contribution in [1.29, 1.82) is 0 Å². The minimum absolute atomic E-state index is 0.00494. The fraction of sp³-hybridized carbons (Fsp3) is 0.350. The van der Waals surface area contributed by atoms with Crippen molar-refractivity contribution in [3.63, 3.8) is 0 Å². The van der Waals surface area contributed by atoms with Gasteiger partial charge in [0, 0.05) is 37.0 Å². The van der Waals surface area contributed by atoms with E-state index in [4.69, 9.17) is 14.9 Å². The Morgan fingerprint density at radius 1 is 1.32 bits per heavy atom. The van der Waals surface area contributed by atoms with Crippen molar-refractivity contribution in [3.8, 4) is 11.5 Å². The normalized spacial score (nSPS) is 15.9. The maximum Gasteiger partial charge on any atom is 0.405 e. The van der Waals surface area contributed by atoms with Crippen LogP contribution in [-0.2, 0) is 11.3 Å². The summed E-state index contributed by atoms with van der Waals surface area (Å²) in [5.41, 5.74) is 5.58. The minimum Gasteiger partial charge on any atom is -0.444 e. The molecular formula is C20H20F3N7O4. The first-order valence-electron chi connectivity index (χ1n) is 10.2. The van der Waals surface area contributed by atoms with Crippen LogP contribution in [0.1, 0.15) is 27.4 Å². The van der Waals surface area contributed by atoms with Gasteiger partial charge in [-0.15, -0.1) is 0 Å². The number of anilines is 2. The van der Waals surface area contributed by atoms with Crippen molar-refractivity contribution in [2.75, 3.05) is 30.4 Å². The first kappa shape index (κ1) is 23.2. The summed E-state index contributed by atoms with van der Waals surface area (Å²) in [4.78, 5) is 32.3. The highest BCUT2D eigenvalue weighted by Crippen LogP contribution is 2.23. The number of nitrogens with one attached hydrogen (secondary N) is 2. The van der Waals surface area contributed by atoms with Crippen LogP contribution in [0.4, 0.5) is 24.7 Å².